The number of ether oxygens (including phenoxy) is 1. The number of rotatable bonds is 5. The van der Waals surface area contributed by atoms with Gasteiger partial charge in [0.1, 0.15) is 5.75 Å². The number of hydrogen-bond donors (Lipinski definition) is 2. The van der Waals surface area contributed by atoms with Crippen LogP contribution in [0, 0.1) is 6.92 Å². The molecule has 19 heavy (non-hydrogen) atoms. The highest BCUT2D eigenvalue weighted by Gasteiger charge is 2.18. The van der Waals surface area contributed by atoms with E-state index in [1.54, 1.807) is 6.92 Å². The molecule has 0 fully saturated rings. The number of amides is 1. The summed E-state index contributed by atoms with van der Waals surface area (Å²) in [4.78, 5) is 11.8. The van der Waals surface area contributed by atoms with Crippen molar-refractivity contribution in [2.75, 3.05) is 6.54 Å². The highest BCUT2D eigenvalue weighted by Crippen LogP contribution is 2.14. The Hall–Kier alpha value is -1.26. The molecule has 0 saturated carbocycles. The Bertz CT molecular complexity index is 416. The lowest BCUT2D eigenvalue weighted by Gasteiger charge is -2.21. The van der Waals surface area contributed by atoms with E-state index >= 15 is 0 Å². The molecule has 0 aliphatic rings. The summed E-state index contributed by atoms with van der Waals surface area (Å²) >= 11 is 0. The number of carbonyl (C=O) groups excluding carboxylic acids is 1. The lowest BCUT2D eigenvalue weighted by atomic mass is 10.1. The molecule has 0 spiro atoms. The first-order chi connectivity index (χ1) is 8.28. The molecule has 3 N–H and O–H groups in total. The number of aryl methyl sites for hydroxylation is 1. The zero-order chi connectivity index (χ0) is 13.8. The van der Waals surface area contributed by atoms with Gasteiger partial charge < -0.3 is 15.8 Å². The van der Waals surface area contributed by atoms with E-state index in [1.165, 1.54) is 0 Å². The molecule has 108 valence electrons. The first-order valence-electron chi connectivity index (χ1n) is 6.08. The van der Waals surface area contributed by atoms with Crippen LogP contribution in [-0.4, -0.2) is 24.1 Å². The standard InChI is InChI=1S/C14H22N2O2.ClH/c1-10-6-5-7-12(8-10)18-11(2)13(17)16-9-14(3,4)15;/h5-8,11H,9,15H2,1-4H3,(H,16,17);1H. The fraction of sp³-hybridized carbons (Fsp3) is 0.500. The van der Waals surface area contributed by atoms with Crippen molar-refractivity contribution >= 4 is 18.3 Å². The van der Waals surface area contributed by atoms with Gasteiger partial charge in [0, 0.05) is 12.1 Å². The molecule has 0 aromatic heterocycles. The van der Waals surface area contributed by atoms with E-state index in [2.05, 4.69) is 5.32 Å². The van der Waals surface area contributed by atoms with Gasteiger partial charge in [-0.2, -0.15) is 0 Å². The van der Waals surface area contributed by atoms with Gasteiger partial charge in [-0.3, -0.25) is 4.79 Å². The summed E-state index contributed by atoms with van der Waals surface area (Å²) in [5.74, 6) is 0.541. The monoisotopic (exact) mass is 286 g/mol. The van der Waals surface area contributed by atoms with Crippen LogP contribution in [0.1, 0.15) is 26.3 Å². The maximum Gasteiger partial charge on any atom is 0.260 e. The molecule has 0 bridgehead atoms. The first kappa shape index (κ1) is 17.7. The summed E-state index contributed by atoms with van der Waals surface area (Å²) in [5, 5.41) is 2.77. The van der Waals surface area contributed by atoms with E-state index < -0.39 is 11.6 Å². The molecule has 0 aliphatic heterocycles. The van der Waals surface area contributed by atoms with Crippen molar-refractivity contribution in [3.8, 4) is 5.75 Å². The van der Waals surface area contributed by atoms with Crippen molar-refractivity contribution in [1.29, 1.82) is 0 Å². The van der Waals surface area contributed by atoms with Crippen LogP contribution in [0.5, 0.6) is 5.75 Å². The first-order valence-corrected chi connectivity index (χ1v) is 6.08. The zero-order valence-corrected chi connectivity index (χ0v) is 12.7. The molecule has 1 aromatic carbocycles. The second-order valence-electron chi connectivity index (χ2n) is 5.28. The van der Waals surface area contributed by atoms with Gasteiger partial charge in [-0.25, -0.2) is 0 Å². The third-order valence-corrected chi connectivity index (χ3v) is 2.39. The predicted molar refractivity (Wildman–Crippen MR) is 79.8 cm³/mol. The minimum Gasteiger partial charge on any atom is -0.481 e. The molecular formula is C14H23ClN2O2. The molecule has 0 radical (unpaired) electrons. The Labute approximate surface area is 121 Å². The normalized spacial score (nSPS) is 12.3. The van der Waals surface area contributed by atoms with Crippen molar-refractivity contribution in [3.63, 3.8) is 0 Å². The van der Waals surface area contributed by atoms with Crippen LogP contribution >= 0.6 is 12.4 Å². The Morgan fingerprint density at radius 3 is 2.63 bits per heavy atom. The number of benzene rings is 1. The molecule has 1 unspecified atom stereocenters. The largest absolute Gasteiger partial charge is 0.481 e. The zero-order valence-electron chi connectivity index (χ0n) is 11.9. The summed E-state index contributed by atoms with van der Waals surface area (Å²) in [6.07, 6.45) is -0.533. The van der Waals surface area contributed by atoms with Crippen molar-refractivity contribution in [2.24, 2.45) is 5.73 Å². The third kappa shape index (κ3) is 7.03. The molecule has 5 heteroatoms. The summed E-state index contributed by atoms with van der Waals surface area (Å²) in [7, 11) is 0. The highest BCUT2D eigenvalue weighted by molar-refractivity contribution is 5.85. The Kier molecular flexibility index (Phi) is 6.87. The molecule has 4 nitrogen and oxygen atoms in total. The van der Waals surface area contributed by atoms with Crippen LogP contribution in [0.15, 0.2) is 24.3 Å². The lowest BCUT2D eigenvalue weighted by Crippen LogP contribution is -2.48. The fourth-order valence-corrected chi connectivity index (χ4v) is 1.40. The van der Waals surface area contributed by atoms with Gasteiger partial charge in [-0.15, -0.1) is 12.4 Å². The second-order valence-corrected chi connectivity index (χ2v) is 5.28. The maximum atomic E-state index is 11.8. The van der Waals surface area contributed by atoms with Gasteiger partial charge in [0.25, 0.3) is 5.91 Å². The molecule has 1 amide bonds. The minimum atomic E-state index is -0.533. The van der Waals surface area contributed by atoms with Gasteiger partial charge in [0.05, 0.1) is 0 Å². The van der Waals surface area contributed by atoms with E-state index in [-0.39, 0.29) is 18.3 Å². The van der Waals surface area contributed by atoms with Gasteiger partial charge in [-0.1, -0.05) is 12.1 Å². The maximum absolute atomic E-state index is 11.8. The Morgan fingerprint density at radius 2 is 2.11 bits per heavy atom. The van der Waals surface area contributed by atoms with Crippen LogP contribution in [0.2, 0.25) is 0 Å². The number of nitrogens with two attached hydrogens (primary N) is 1. The van der Waals surface area contributed by atoms with Gasteiger partial charge >= 0.3 is 0 Å². The van der Waals surface area contributed by atoms with E-state index in [1.807, 2.05) is 45.0 Å². The number of nitrogens with one attached hydrogen (secondary N) is 1. The molecule has 1 rings (SSSR count). The number of halogens is 1. The van der Waals surface area contributed by atoms with Crippen molar-refractivity contribution in [2.45, 2.75) is 39.3 Å². The highest BCUT2D eigenvalue weighted by atomic mass is 35.5. The van der Waals surface area contributed by atoms with E-state index in [0.29, 0.717) is 12.3 Å². The van der Waals surface area contributed by atoms with Crippen LogP contribution in [0.25, 0.3) is 0 Å². The fourth-order valence-electron chi connectivity index (χ4n) is 1.40. The molecule has 1 aromatic rings. The second kappa shape index (κ2) is 7.36. The van der Waals surface area contributed by atoms with Crippen LogP contribution in [0.3, 0.4) is 0 Å². The lowest BCUT2D eigenvalue weighted by molar-refractivity contribution is -0.127. The molecular weight excluding hydrogens is 264 g/mol. The number of hydrogen-bond acceptors (Lipinski definition) is 3. The van der Waals surface area contributed by atoms with Gasteiger partial charge in [0.2, 0.25) is 0 Å². The minimum absolute atomic E-state index is 0. The van der Waals surface area contributed by atoms with Crippen molar-refractivity contribution in [1.82, 2.24) is 5.32 Å². The van der Waals surface area contributed by atoms with Crippen LogP contribution < -0.4 is 15.8 Å². The smallest absolute Gasteiger partial charge is 0.260 e. The SMILES string of the molecule is Cc1cccc(OC(C)C(=O)NCC(C)(C)N)c1.Cl. The summed E-state index contributed by atoms with van der Waals surface area (Å²) in [6.45, 7) is 7.85. The van der Waals surface area contributed by atoms with E-state index in [0.717, 1.165) is 5.56 Å². The van der Waals surface area contributed by atoms with Crippen molar-refractivity contribution in [3.05, 3.63) is 29.8 Å². The Morgan fingerprint density at radius 1 is 1.47 bits per heavy atom. The summed E-state index contributed by atoms with van der Waals surface area (Å²) in [5.41, 5.74) is 6.48. The average molecular weight is 287 g/mol. The molecule has 0 aliphatic carbocycles. The van der Waals surface area contributed by atoms with E-state index in [9.17, 15) is 4.79 Å². The van der Waals surface area contributed by atoms with Crippen molar-refractivity contribution < 1.29 is 9.53 Å². The third-order valence-electron chi connectivity index (χ3n) is 2.39. The van der Waals surface area contributed by atoms with E-state index in [4.69, 9.17) is 10.5 Å². The topological polar surface area (TPSA) is 64.3 Å². The van der Waals surface area contributed by atoms with Gasteiger partial charge in [0.15, 0.2) is 6.10 Å². The molecule has 1 atom stereocenters. The molecule has 0 heterocycles. The average Bonchev–Trinajstić information content (AvgIpc) is 2.24. The van der Waals surface area contributed by atoms with Gasteiger partial charge in [-0.05, 0) is 45.4 Å². The molecule has 0 saturated heterocycles. The summed E-state index contributed by atoms with van der Waals surface area (Å²) in [6, 6.07) is 7.62. The Balaban J connectivity index is 0.00000324. The predicted octanol–water partition coefficient (Wildman–Crippen LogP) is 2.04. The summed E-state index contributed by atoms with van der Waals surface area (Å²) < 4.78 is 5.57. The van der Waals surface area contributed by atoms with Crippen LogP contribution in [0.4, 0.5) is 0 Å². The van der Waals surface area contributed by atoms with Crippen LogP contribution in [-0.2, 0) is 4.79 Å². The number of carbonyl (C=O) groups is 1. The quantitative estimate of drug-likeness (QED) is 0.871.